The molecule has 18 heavy (non-hydrogen) atoms. The van der Waals surface area contributed by atoms with Gasteiger partial charge in [0.05, 0.1) is 5.69 Å². The number of hydrogen-bond acceptors (Lipinski definition) is 2. The third kappa shape index (κ3) is 6.58. The third-order valence-electron chi connectivity index (χ3n) is 3.40. The topological polar surface area (TPSA) is 24.9 Å². The largest absolute Gasteiger partial charge is 1.00 e. The van der Waals surface area contributed by atoms with Gasteiger partial charge in [-0.3, -0.25) is 4.98 Å². The maximum atomic E-state index is 4.34. The zero-order chi connectivity index (χ0) is 11.1. The molecular weight excluding hydrogens is 267 g/mol. The molecule has 1 aliphatic carbocycles. The lowest BCUT2D eigenvalue weighted by Crippen LogP contribution is -3.00. The lowest BCUT2D eigenvalue weighted by Gasteiger charge is -2.20. The molecule has 0 saturated heterocycles. The number of nitrogens with zero attached hydrogens (tertiary/aromatic N) is 1. The molecule has 1 aromatic rings. The highest BCUT2D eigenvalue weighted by Crippen LogP contribution is 2.17. The Morgan fingerprint density at radius 1 is 1.00 bits per heavy atom. The van der Waals surface area contributed by atoms with Crippen LogP contribution in [0.2, 0.25) is 0 Å². The summed E-state index contributed by atoms with van der Waals surface area (Å²) in [6.07, 6.45) is 11.6. The van der Waals surface area contributed by atoms with Gasteiger partial charge in [-0.1, -0.05) is 38.2 Å². The van der Waals surface area contributed by atoms with E-state index in [0.717, 1.165) is 12.2 Å². The fourth-order valence-corrected chi connectivity index (χ4v) is 2.41. The maximum Gasteiger partial charge on any atom is 0.0541 e. The van der Waals surface area contributed by atoms with Crippen molar-refractivity contribution in [2.75, 3.05) is 0 Å². The third-order valence-corrected chi connectivity index (χ3v) is 3.40. The fraction of sp³-hybridized carbons (Fsp3) is 0.643. The molecule has 0 amide bonds. The number of aromatic nitrogens is 1. The summed E-state index contributed by atoms with van der Waals surface area (Å²) >= 11 is 0. The highest BCUT2D eigenvalue weighted by Gasteiger charge is 2.10. The van der Waals surface area contributed by atoms with Gasteiger partial charge in [-0.25, -0.2) is 0 Å². The Bertz CT molecular complexity index is 285. The van der Waals surface area contributed by atoms with Crippen LogP contribution in [0.1, 0.15) is 50.6 Å². The van der Waals surface area contributed by atoms with E-state index in [-0.39, 0.29) is 24.8 Å². The first-order valence-electron chi connectivity index (χ1n) is 6.58. The summed E-state index contributed by atoms with van der Waals surface area (Å²) in [7, 11) is 0. The SMILES string of the molecule is [Cl-].[Cl-].c1ccc(CNC2CCCCCCC2)nc1. The second kappa shape index (κ2) is 10.6. The van der Waals surface area contributed by atoms with Gasteiger partial charge in [0.1, 0.15) is 0 Å². The molecule has 4 heteroatoms. The quantitative estimate of drug-likeness (QED) is 0.655. The lowest BCUT2D eigenvalue weighted by atomic mass is 9.97. The lowest BCUT2D eigenvalue weighted by molar-refractivity contribution is -0.00100. The molecule has 0 bridgehead atoms. The molecule has 1 N–H and O–H groups in total. The van der Waals surface area contributed by atoms with Crippen molar-refractivity contribution in [3.63, 3.8) is 0 Å². The minimum Gasteiger partial charge on any atom is -1.00 e. The minimum absolute atomic E-state index is 0. The Morgan fingerprint density at radius 3 is 2.28 bits per heavy atom. The molecule has 2 rings (SSSR count). The molecule has 0 spiro atoms. The average molecular weight is 289 g/mol. The van der Waals surface area contributed by atoms with Crippen LogP contribution >= 0.6 is 0 Å². The van der Waals surface area contributed by atoms with Crippen LogP contribution < -0.4 is 30.1 Å². The van der Waals surface area contributed by atoms with E-state index in [1.807, 2.05) is 12.3 Å². The van der Waals surface area contributed by atoms with Gasteiger partial charge in [-0.2, -0.15) is 0 Å². The van der Waals surface area contributed by atoms with E-state index in [1.165, 1.54) is 44.9 Å². The maximum absolute atomic E-state index is 4.34. The molecule has 0 aromatic carbocycles. The number of rotatable bonds is 3. The number of nitrogens with one attached hydrogen (secondary N) is 1. The first-order valence-corrected chi connectivity index (χ1v) is 6.58. The Balaban J connectivity index is 0.00000144. The van der Waals surface area contributed by atoms with Gasteiger partial charge in [0.2, 0.25) is 0 Å². The van der Waals surface area contributed by atoms with Crippen LogP contribution in [0.3, 0.4) is 0 Å². The molecule has 1 aromatic heterocycles. The monoisotopic (exact) mass is 288 g/mol. The summed E-state index contributed by atoms with van der Waals surface area (Å²) in [5.41, 5.74) is 1.16. The summed E-state index contributed by atoms with van der Waals surface area (Å²) in [6.45, 7) is 0.922. The van der Waals surface area contributed by atoms with Gasteiger partial charge in [0.15, 0.2) is 0 Å². The first-order chi connectivity index (χ1) is 7.95. The Hall–Kier alpha value is -0.310. The van der Waals surface area contributed by atoms with Gasteiger partial charge < -0.3 is 30.1 Å². The predicted molar refractivity (Wildman–Crippen MR) is 67.2 cm³/mol. The van der Waals surface area contributed by atoms with Crippen LogP contribution in [0.15, 0.2) is 24.4 Å². The van der Waals surface area contributed by atoms with E-state index in [2.05, 4.69) is 22.4 Å². The summed E-state index contributed by atoms with van der Waals surface area (Å²) in [4.78, 5) is 4.34. The van der Waals surface area contributed by atoms with Gasteiger partial charge in [0.25, 0.3) is 0 Å². The predicted octanol–water partition coefficient (Wildman–Crippen LogP) is -2.71. The normalized spacial score (nSPS) is 16.9. The highest BCUT2D eigenvalue weighted by atomic mass is 35.5. The Morgan fingerprint density at radius 2 is 1.67 bits per heavy atom. The van der Waals surface area contributed by atoms with Gasteiger partial charge >= 0.3 is 0 Å². The number of halogens is 2. The van der Waals surface area contributed by atoms with E-state index < -0.39 is 0 Å². The summed E-state index contributed by atoms with van der Waals surface area (Å²) in [5.74, 6) is 0. The Labute approximate surface area is 123 Å². The second-order valence-corrected chi connectivity index (χ2v) is 4.74. The first kappa shape index (κ1) is 17.7. The summed E-state index contributed by atoms with van der Waals surface area (Å²) < 4.78 is 0. The van der Waals surface area contributed by atoms with Crippen LogP contribution in [0.4, 0.5) is 0 Å². The smallest absolute Gasteiger partial charge is 0.0541 e. The molecule has 1 heterocycles. The molecule has 2 nitrogen and oxygen atoms in total. The zero-order valence-electron chi connectivity index (χ0n) is 10.7. The van der Waals surface area contributed by atoms with E-state index >= 15 is 0 Å². The molecule has 0 aliphatic heterocycles. The van der Waals surface area contributed by atoms with Crippen molar-refractivity contribution in [1.29, 1.82) is 0 Å². The standard InChI is InChI=1S/C14H22N2.2ClH/c1-2-4-8-13(9-5-3-1)16-12-14-10-6-7-11-15-14;;/h6-7,10-11,13,16H,1-5,8-9,12H2;2*1H/p-2. The molecule has 1 fully saturated rings. The number of hydrogen-bond donors (Lipinski definition) is 1. The highest BCUT2D eigenvalue weighted by molar-refractivity contribution is 5.03. The molecule has 1 aliphatic rings. The molecule has 104 valence electrons. The zero-order valence-corrected chi connectivity index (χ0v) is 12.3. The average Bonchev–Trinajstić information content (AvgIpc) is 2.29. The van der Waals surface area contributed by atoms with Crippen LogP contribution in [-0.2, 0) is 6.54 Å². The molecular formula is C14H22Cl2N2-2. The molecule has 0 atom stereocenters. The molecule has 1 saturated carbocycles. The van der Waals surface area contributed by atoms with Crippen molar-refractivity contribution >= 4 is 0 Å². The van der Waals surface area contributed by atoms with E-state index in [1.54, 1.807) is 0 Å². The number of pyridine rings is 1. The summed E-state index contributed by atoms with van der Waals surface area (Å²) in [6, 6.07) is 6.83. The van der Waals surface area contributed by atoms with Crippen LogP contribution in [-0.4, -0.2) is 11.0 Å². The minimum atomic E-state index is 0. The van der Waals surface area contributed by atoms with Crippen LogP contribution in [0.5, 0.6) is 0 Å². The van der Waals surface area contributed by atoms with Crippen molar-refractivity contribution in [2.24, 2.45) is 0 Å². The fourth-order valence-electron chi connectivity index (χ4n) is 2.41. The van der Waals surface area contributed by atoms with Crippen LogP contribution in [0.25, 0.3) is 0 Å². The van der Waals surface area contributed by atoms with Gasteiger partial charge in [0, 0.05) is 18.8 Å². The van der Waals surface area contributed by atoms with E-state index in [0.29, 0.717) is 6.04 Å². The Kier molecular flexibility index (Phi) is 10.4. The van der Waals surface area contributed by atoms with Gasteiger partial charge in [-0.05, 0) is 25.0 Å². The van der Waals surface area contributed by atoms with E-state index in [9.17, 15) is 0 Å². The molecule has 0 unspecified atom stereocenters. The van der Waals surface area contributed by atoms with Crippen molar-refractivity contribution in [3.05, 3.63) is 30.1 Å². The van der Waals surface area contributed by atoms with E-state index in [4.69, 9.17) is 0 Å². The van der Waals surface area contributed by atoms with Gasteiger partial charge in [-0.15, -0.1) is 0 Å². The van der Waals surface area contributed by atoms with Crippen molar-refractivity contribution < 1.29 is 24.8 Å². The van der Waals surface area contributed by atoms with Crippen molar-refractivity contribution in [3.8, 4) is 0 Å². The van der Waals surface area contributed by atoms with Crippen molar-refractivity contribution in [2.45, 2.75) is 57.5 Å². The van der Waals surface area contributed by atoms with Crippen molar-refractivity contribution in [1.82, 2.24) is 10.3 Å². The second-order valence-electron chi connectivity index (χ2n) is 4.74. The van der Waals surface area contributed by atoms with Crippen LogP contribution in [0, 0.1) is 0 Å². The molecule has 0 radical (unpaired) electrons. The summed E-state index contributed by atoms with van der Waals surface area (Å²) in [5, 5.41) is 3.64.